The Bertz CT molecular complexity index is 202. The number of ether oxygens (including phenoxy) is 1. The van der Waals surface area contributed by atoms with Crippen LogP contribution in [0.5, 0.6) is 0 Å². The average molecular weight is 218 g/mol. The Morgan fingerprint density at radius 1 is 1.20 bits per heavy atom. The molecule has 0 spiro atoms. The zero-order valence-corrected chi connectivity index (χ0v) is 10.2. The third kappa shape index (κ3) is 3.72. The van der Waals surface area contributed by atoms with Crippen molar-refractivity contribution >= 4 is 0 Å². The Hall–Kier alpha value is -0.160. The number of hydrogen-bond donors (Lipinski definition) is 2. The van der Waals surface area contributed by atoms with E-state index < -0.39 is 12.2 Å². The van der Waals surface area contributed by atoms with Crippen molar-refractivity contribution in [3.63, 3.8) is 0 Å². The zero-order valence-electron chi connectivity index (χ0n) is 10.2. The minimum Gasteiger partial charge on any atom is -0.390 e. The Labute approximate surface area is 92.1 Å². The van der Waals surface area contributed by atoms with Crippen molar-refractivity contribution < 1.29 is 19.4 Å². The molecule has 1 aliphatic rings. The van der Waals surface area contributed by atoms with Crippen LogP contribution < -0.4 is 0 Å². The summed E-state index contributed by atoms with van der Waals surface area (Å²) in [6, 6.07) is 0. The largest absolute Gasteiger partial charge is 0.390 e. The van der Waals surface area contributed by atoms with Crippen LogP contribution >= 0.6 is 0 Å². The highest BCUT2D eigenvalue weighted by molar-refractivity contribution is 4.86. The normalized spacial score (nSPS) is 38.0. The number of rotatable bonds is 3. The number of aliphatic hydroxyl groups excluding tert-OH is 2. The summed E-state index contributed by atoms with van der Waals surface area (Å²) < 4.78 is 6.08. The van der Waals surface area contributed by atoms with Crippen LogP contribution in [0.3, 0.4) is 0 Å². The molecule has 0 radical (unpaired) electrons. The molecule has 0 amide bonds. The highest BCUT2D eigenvalue weighted by atomic mass is 16.5. The molecular weight excluding hydrogens is 194 g/mol. The fourth-order valence-corrected chi connectivity index (χ4v) is 2.45. The molecule has 4 heteroatoms. The lowest BCUT2D eigenvalue weighted by molar-refractivity contribution is -0.874. The predicted octanol–water partition coefficient (Wildman–Crippen LogP) is -0.161. The fraction of sp³-hybridized carbons (Fsp3) is 1.00. The van der Waals surface area contributed by atoms with E-state index in [0.29, 0.717) is 12.3 Å². The summed E-state index contributed by atoms with van der Waals surface area (Å²) in [4.78, 5) is 0. The van der Waals surface area contributed by atoms with E-state index in [9.17, 15) is 10.2 Å². The van der Waals surface area contributed by atoms with Crippen molar-refractivity contribution in [2.75, 3.05) is 34.8 Å². The van der Waals surface area contributed by atoms with Gasteiger partial charge in [-0.2, -0.15) is 0 Å². The van der Waals surface area contributed by atoms with Gasteiger partial charge in [0.05, 0.1) is 39.9 Å². The fourth-order valence-electron chi connectivity index (χ4n) is 2.45. The van der Waals surface area contributed by atoms with E-state index in [4.69, 9.17) is 4.74 Å². The molecule has 0 saturated heterocycles. The maximum Gasteiger partial charge on any atom is 0.106 e. The molecule has 2 N–H and O–H groups in total. The van der Waals surface area contributed by atoms with Crippen LogP contribution in [0.4, 0.5) is 0 Å². The maximum atomic E-state index is 9.71. The molecule has 0 aliphatic heterocycles. The van der Waals surface area contributed by atoms with Gasteiger partial charge in [0.25, 0.3) is 0 Å². The van der Waals surface area contributed by atoms with Crippen LogP contribution in [-0.4, -0.2) is 67.8 Å². The van der Waals surface area contributed by atoms with Crippen molar-refractivity contribution in [3.05, 3.63) is 0 Å². The lowest BCUT2D eigenvalue weighted by atomic mass is 9.82. The molecule has 0 aromatic rings. The van der Waals surface area contributed by atoms with Crippen LogP contribution in [0, 0.1) is 5.92 Å². The number of nitrogens with zero attached hydrogens (tertiary/aromatic N) is 1. The molecule has 15 heavy (non-hydrogen) atoms. The molecule has 1 fully saturated rings. The molecule has 90 valence electrons. The van der Waals surface area contributed by atoms with E-state index in [1.165, 1.54) is 0 Å². The first-order valence-corrected chi connectivity index (χ1v) is 5.53. The Morgan fingerprint density at radius 2 is 1.80 bits per heavy atom. The molecule has 0 bridgehead atoms. The van der Waals surface area contributed by atoms with E-state index in [0.717, 1.165) is 17.4 Å². The van der Waals surface area contributed by atoms with Crippen molar-refractivity contribution in [3.8, 4) is 0 Å². The summed E-state index contributed by atoms with van der Waals surface area (Å²) in [7, 11) is 8.01. The van der Waals surface area contributed by atoms with E-state index in [-0.39, 0.29) is 6.10 Å². The molecule has 4 nitrogen and oxygen atoms in total. The second-order valence-electron chi connectivity index (χ2n) is 5.64. The highest BCUT2D eigenvalue weighted by Crippen LogP contribution is 2.28. The van der Waals surface area contributed by atoms with E-state index >= 15 is 0 Å². The van der Waals surface area contributed by atoms with Gasteiger partial charge in [-0.1, -0.05) is 0 Å². The average Bonchev–Trinajstić information content (AvgIpc) is 2.08. The van der Waals surface area contributed by atoms with Crippen LogP contribution in [0.2, 0.25) is 0 Å². The monoisotopic (exact) mass is 218 g/mol. The lowest BCUT2D eigenvalue weighted by Gasteiger charge is -2.38. The zero-order chi connectivity index (χ0) is 11.6. The first kappa shape index (κ1) is 12.9. The second-order valence-corrected chi connectivity index (χ2v) is 5.64. The van der Waals surface area contributed by atoms with Gasteiger partial charge in [0.2, 0.25) is 0 Å². The molecule has 1 rings (SSSR count). The van der Waals surface area contributed by atoms with Crippen molar-refractivity contribution in [2.24, 2.45) is 5.92 Å². The topological polar surface area (TPSA) is 49.7 Å². The summed E-state index contributed by atoms with van der Waals surface area (Å²) in [5.74, 6) is 0.424. The minimum atomic E-state index is -0.723. The molecule has 4 atom stereocenters. The van der Waals surface area contributed by atoms with Crippen molar-refractivity contribution in [1.29, 1.82) is 0 Å². The van der Waals surface area contributed by atoms with Gasteiger partial charge in [0, 0.05) is 13.0 Å². The van der Waals surface area contributed by atoms with Gasteiger partial charge in [-0.05, 0) is 12.8 Å². The Kier molecular flexibility index (Phi) is 4.12. The highest BCUT2D eigenvalue weighted by Gasteiger charge is 2.37. The van der Waals surface area contributed by atoms with Crippen LogP contribution in [0.15, 0.2) is 0 Å². The summed E-state index contributed by atoms with van der Waals surface area (Å²) in [5, 5.41) is 19.4. The minimum absolute atomic E-state index is 0.217. The summed E-state index contributed by atoms with van der Waals surface area (Å²) >= 11 is 0. The number of hydrogen-bond acceptors (Lipinski definition) is 3. The Morgan fingerprint density at radius 3 is 2.27 bits per heavy atom. The molecule has 0 aromatic heterocycles. The number of quaternary nitrogens is 1. The second kappa shape index (κ2) is 4.78. The van der Waals surface area contributed by atoms with Gasteiger partial charge < -0.3 is 19.4 Å². The van der Waals surface area contributed by atoms with Gasteiger partial charge in [-0.25, -0.2) is 0 Å². The van der Waals surface area contributed by atoms with E-state index in [1.54, 1.807) is 7.11 Å². The molecule has 4 unspecified atom stereocenters. The maximum absolute atomic E-state index is 9.71. The van der Waals surface area contributed by atoms with Gasteiger partial charge in [-0.15, -0.1) is 0 Å². The summed E-state index contributed by atoms with van der Waals surface area (Å²) in [6.07, 6.45) is -0.0647. The quantitative estimate of drug-likeness (QED) is 0.647. The molecule has 1 saturated carbocycles. The van der Waals surface area contributed by atoms with Crippen molar-refractivity contribution in [1.82, 2.24) is 0 Å². The number of methoxy groups -OCH3 is 1. The SMILES string of the molecule is COC1CC(C[N+](C)(C)C)CC(O)C1O. The molecular formula is C11H24NO3+. The van der Waals surface area contributed by atoms with Gasteiger partial charge in [0.15, 0.2) is 0 Å². The first-order chi connectivity index (χ1) is 6.83. The molecule has 0 aromatic carbocycles. The predicted molar refractivity (Wildman–Crippen MR) is 58.4 cm³/mol. The standard InChI is InChI=1S/C11H24NO3/c1-12(2,3)7-8-5-9(13)11(14)10(6-8)15-4/h8-11,13-14H,5-7H2,1-4H3/q+1. The van der Waals surface area contributed by atoms with Gasteiger partial charge in [-0.3, -0.25) is 0 Å². The third-order valence-corrected chi connectivity index (χ3v) is 3.02. The van der Waals surface area contributed by atoms with Gasteiger partial charge in [0.1, 0.15) is 6.10 Å². The smallest absolute Gasteiger partial charge is 0.106 e. The first-order valence-electron chi connectivity index (χ1n) is 5.53. The van der Waals surface area contributed by atoms with Crippen LogP contribution in [0.1, 0.15) is 12.8 Å². The van der Waals surface area contributed by atoms with Crippen LogP contribution in [0.25, 0.3) is 0 Å². The molecule has 1 aliphatic carbocycles. The van der Waals surface area contributed by atoms with Crippen molar-refractivity contribution in [2.45, 2.75) is 31.2 Å². The summed E-state index contributed by atoms with van der Waals surface area (Å²) in [5.41, 5.74) is 0. The number of aliphatic hydroxyl groups is 2. The van der Waals surface area contributed by atoms with Crippen LogP contribution in [-0.2, 0) is 4.74 Å². The summed E-state index contributed by atoms with van der Waals surface area (Å²) in [6.45, 7) is 1.00. The van der Waals surface area contributed by atoms with E-state index in [2.05, 4.69) is 21.1 Å². The third-order valence-electron chi connectivity index (χ3n) is 3.02. The van der Waals surface area contributed by atoms with Gasteiger partial charge >= 0.3 is 0 Å². The molecule has 0 heterocycles. The Balaban J connectivity index is 2.55. The van der Waals surface area contributed by atoms with E-state index in [1.807, 2.05) is 0 Å². The lowest BCUT2D eigenvalue weighted by Crippen LogP contribution is -2.49.